The van der Waals surface area contributed by atoms with E-state index in [0.717, 1.165) is 11.4 Å². The van der Waals surface area contributed by atoms with Crippen LogP contribution in [0.25, 0.3) is 0 Å². The van der Waals surface area contributed by atoms with Gasteiger partial charge in [0.2, 0.25) is 5.91 Å². The minimum Gasteiger partial charge on any atom is -0.497 e. The van der Waals surface area contributed by atoms with Gasteiger partial charge in [0, 0.05) is 48.8 Å². The maximum Gasteiger partial charge on any atom is 0.269 e. The van der Waals surface area contributed by atoms with Gasteiger partial charge < -0.3 is 15.0 Å². The lowest BCUT2D eigenvalue weighted by Crippen LogP contribution is -2.31. The molecule has 2 aromatic carbocycles. The minimum atomic E-state index is -0.514. The smallest absolute Gasteiger partial charge is 0.269 e. The van der Waals surface area contributed by atoms with Crippen molar-refractivity contribution >= 4 is 23.2 Å². The molecule has 8 nitrogen and oxygen atoms in total. The van der Waals surface area contributed by atoms with Crippen molar-refractivity contribution in [2.24, 2.45) is 5.92 Å². The third-order valence-electron chi connectivity index (χ3n) is 4.48. The number of nitrogens with one attached hydrogen (secondary N) is 1. The normalized spacial score (nSPS) is 16.3. The molecular formula is C19H19N3O5. The summed E-state index contributed by atoms with van der Waals surface area (Å²) in [5.41, 5.74) is 1.07. The molecule has 1 saturated heterocycles. The van der Waals surface area contributed by atoms with Gasteiger partial charge in [-0.1, -0.05) is 0 Å². The van der Waals surface area contributed by atoms with Gasteiger partial charge in [0.05, 0.1) is 12.0 Å². The number of nitro groups is 1. The molecule has 0 spiro atoms. The highest BCUT2D eigenvalue weighted by Crippen LogP contribution is 2.26. The summed E-state index contributed by atoms with van der Waals surface area (Å²) in [7, 11) is 1.58. The highest BCUT2D eigenvalue weighted by Gasteiger charge is 2.30. The third kappa shape index (κ3) is 4.22. The molecule has 0 saturated carbocycles. The standard InChI is InChI=1S/C19H19N3O5/c1-27-17-8-6-15(7-9-17)21-12-13(10-18(21)23)11-20-19(24)14-2-4-16(5-3-14)22(25)26/h2-9,13H,10-12H2,1H3,(H,20,24). The quantitative estimate of drug-likeness (QED) is 0.622. The Labute approximate surface area is 155 Å². The molecule has 1 aliphatic heterocycles. The van der Waals surface area contributed by atoms with Gasteiger partial charge in [-0.15, -0.1) is 0 Å². The number of benzene rings is 2. The van der Waals surface area contributed by atoms with Gasteiger partial charge in [0.15, 0.2) is 0 Å². The van der Waals surface area contributed by atoms with Crippen molar-refractivity contribution in [1.29, 1.82) is 0 Å². The first-order valence-electron chi connectivity index (χ1n) is 8.45. The largest absolute Gasteiger partial charge is 0.497 e. The van der Waals surface area contributed by atoms with Crippen molar-refractivity contribution in [2.45, 2.75) is 6.42 Å². The molecule has 1 N–H and O–H groups in total. The number of non-ortho nitro benzene ring substituents is 1. The van der Waals surface area contributed by atoms with Crippen LogP contribution in [0.5, 0.6) is 5.75 Å². The van der Waals surface area contributed by atoms with Gasteiger partial charge in [-0.25, -0.2) is 0 Å². The molecule has 1 aliphatic rings. The summed E-state index contributed by atoms with van der Waals surface area (Å²) < 4.78 is 5.12. The maximum absolute atomic E-state index is 12.3. The zero-order valence-corrected chi connectivity index (χ0v) is 14.8. The Morgan fingerprint density at radius 2 is 1.89 bits per heavy atom. The second-order valence-corrected chi connectivity index (χ2v) is 6.29. The second kappa shape index (κ2) is 7.86. The lowest BCUT2D eigenvalue weighted by Gasteiger charge is -2.17. The van der Waals surface area contributed by atoms with E-state index in [4.69, 9.17) is 4.74 Å². The van der Waals surface area contributed by atoms with E-state index in [9.17, 15) is 19.7 Å². The lowest BCUT2D eigenvalue weighted by atomic mass is 10.1. The van der Waals surface area contributed by atoms with Crippen LogP contribution in [0, 0.1) is 16.0 Å². The van der Waals surface area contributed by atoms with Crippen molar-refractivity contribution in [3.63, 3.8) is 0 Å². The van der Waals surface area contributed by atoms with Crippen LogP contribution in [0.3, 0.4) is 0 Å². The van der Waals surface area contributed by atoms with Crippen molar-refractivity contribution in [1.82, 2.24) is 5.32 Å². The lowest BCUT2D eigenvalue weighted by molar-refractivity contribution is -0.384. The van der Waals surface area contributed by atoms with Gasteiger partial charge in [-0.2, -0.15) is 0 Å². The molecule has 1 atom stereocenters. The number of carbonyl (C=O) groups is 2. The number of hydrogen-bond acceptors (Lipinski definition) is 5. The fourth-order valence-corrected chi connectivity index (χ4v) is 3.00. The molecule has 1 unspecified atom stereocenters. The number of anilines is 1. The molecule has 140 valence electrons. The van der Waals surface area contributed by atoms with Crippen LogP contribution < -0.4 is 15.0 Å². The fraction of sp³-hybridized carbons (Fsp3) is 0.263. The van der Waals surface area contributed by atoms with E-state index < -0.39 is 4.92 Å². The predicted octanol–water partition coefficient (Wildman–Crippen LogP) is 2.39. The highest BCUT2D eigenvalue weighted by molar-refractivity contribution is 5.96. The molecule has 0 aromatic heterocycles. The van der Waals surface area contributed by atoms with Gasteiger partial charge >= 0.3 is 0 Å². The van der Waals surface area contributed by atoms with Gasteiger partial charge in [0.1, 0.15) is 5.75 Å². The first kappa shape index (κ1) is 18.4. The minimum absolute atomic E-state index is 0.00148. The Morgan fingerprint density at radius 1 is 1.22 bits per heavy atom. The van der Waals surface area contributed by atoms with E-state index in [1.54, 1.807) is 24.1 Å². The van der Waals surface area contributed by atoms with Gasteiger partial charge in [-0.05, 0) is 36.4 Å². The summed E-state index contributed by atoms with van der Waals surface area (Å²) in [4.78, 5) is 36.3. The number of ether oxygens (including phenoxy) is 1. The van der Waals surface area contributed by atoms with Crippen LogP contribution >= 0.6 is 0 Å². The van der Waals surface area contributed by atoms with Crippen LogP contribution in [0.1, 0.15) is 16.8 Å². The fourth-order valence-electron chi connectivity index (χ4n) is 3.00. The average Bonchev–Trinajstić information content (AvgIpc) is 3.06. The molecule has 27 heavy (non-hydrogen) atoms. The van der Waals surface area contributed by atoms with Crippen LogP contribution in [-0.2, 0) is 4.79 Å². The molecule has 2 aromatic rings. The van der Waals surface area contributed by atoms with E-state index in [-0.39, 0.29) is 23.4 Å². The Balaban J connectivity index is 1.56. The summed E-state index contributed by atoms with van der Waals surface area (Å²) in [6.07, 6.45) is 0.354. The molecular weight excluding hydrogens is 350 g/mol. The monoisotopic (exact) mass is 369 g/mol. The molecule has 1 heterocycles. The van der Waals surface area contributed by atoms with Crippen molar-refractivity contribution < 1.29 is 19.2 Å². The number of amides is 2. The molecule has 0 radical (unpaired) electrons. The molecule has 3 rings (SSSR count). The Bertz CT molecular complexity index is 849. The second-order valence-electron chi connectivity index (χ2n) is 6.29. The topological polar surface area (TPSA) is 102 Å². The Hall–Kier alpha value is -3.42. The van der Waals surface area contributed by atoms with Crippen LogP contribution in [0.2, 0.25) is 0 Å². The third-order valence-corrected chi connectivity index (χ3v) is 4.48. The number of methoxy groups -OCH3 is 1. The first-order chi connectivity index (χ1) is 13.0. The first-order valence-corrected chi connectivity index (χ1v) is 8.45. The van der Waals surface area contributed by atoms with E-state index in [0.29, 0.717) is 25.1 Å². The number of carbonyl (C=O) groups excluding carboxylic acids is 2. The van der Waals surface area contributed by atoms with Crippen LogP contribution in [0.4, 0.5) is 11.4 Å². The summed E-state index contributed by atoms with van der Waals surface area (Å²) in [6.45, 7) is 0.875. The Morgan fingerprint density at radius 3 is 2.48 bits per heavy atom. The highest BCUT2D eigenvalue weighted by atomic mass is 16.6. The van der Waals surface area contributed by atoms with Gasteiger partial charge in [-0.3, -0.25) is 19.7 Å². The molecule has 2 amide bonds. The van der Waals surface area contributed by atoms with E-state index >= 15 is 0 Å². The van der Waals surface area contributed by atoms with Crippen molar-refractivity contribution in [3.05, 3.63) is 64.2 Å². The molecule has 0 bridgehead atoms. The van der Waals surface area contributed by atoms with Crippen LogP contribution in [-0.4, -0.2) is 36.9 Å². The summed E-state index contributed by atoms with van der Waals surface area (Å²) in [5.74, 6) is 0.411. The van der Waals surface area contributed by atoms with Crippen molar-refractivity contribution in [2.75, 3.05) is 25.1 Å². The zero-order chi connectivity index (χ0) is 19.4. The zero-order valence-electron chi connectivity index (χ0n) is 14.8. The number of nitro benzene ring substituents is 1. The SMILES string of the molecule is COc1ccc(N2CC(CNC(=O)c3ccc([N+](=O)[O-])cc3)CC2=O)cc1. The summed E-state index contributed by atoms with van der Waals surface area (Å²) in [5, 5.41) is 13.5. The number of nitrogens with zero attached hydrogens (tertiary/aromatic N) is 2. The maximum atomic E-state index is 12.3. The Kier molecular flexibility index (Phi) is 5.35. The molecule has 1 fully saturated rings. The predicted molar refractivity (Wildman–Crippen MR) is 98.9 cm³/mol. The van der Waals surface area contributed by atoms with Gasteiger partial charge in [0.25, 0.3) is 11.6 Å². The molecule has 8 heteroatoms. The van der Waals surface area contributed by atoms with E-state index in [1.165, 1.54) is 24.3 Å². The molecule has 0 aliphatic carbocycles. The summed E-state index contributed by atoms with van der Waals surface area (Å²) >= 11 is 0. The average molecular weight is 369 g/mol. The number of hydrogen-bond donors (Lipinski definition) is 1. The summed E-state index contributed by atoms with van der Waals surface area (Å²) in [6, 6.07) is 12.7. The van der Waals surface area contributed by atoms with E-state index in [2.05, 4.69) is 5.32 Å². The van der Waals surface area contributed by atoms with Crippen LogP contribution in [0.15, 0.2) is 48.5 Å². The number of rotatable bonds is 6. The van der Waals surface area contributed by atoms with E-state index in [1.807, 2.05) is 12.1 Å². The van der Waals surface area contributed by atoms with Crippen molar-refractivity contribution in [3.8, 4) is 5.75 Å².